The summed E-state index contributed by atoms with van der Waals surface area (Å²) < 4.78 is 6.51. The molecule has 1 aliphatic heterocycles. The summed E-state index contributed by atoms with van der Waals surface area (Å²) in [5.74, 6) is -0.493. The molecule has 1 amide bonds. The van der Waals surface area contributed by atoms with Gasteiger partial charge in [0.25, 0.3) is 5.78 Å². The molecule has 1 aliphatic rings. The Balaban J connectivity index is 1.52. The smallest absolute Gasteiger partial charge is 0.301 e. The molecule has 0 bridgehead atoms. The van der Waals surface area contributed by atoms with Gasteiger partial charge in [0, 0.05) is 16.3 Å². The number of aliphatic hydroxyl groups excluding tert-OH is 1. The lowest BCUT2D eigenvalue weighted by molar-refractivity contribution is -0.132. The van der Waals surface area contributed by atoms with E-state index in [0.717, 1.165) is 36.0 Å². The van der Waals surface area contributed by atoms with Gasteiger partial charge < -0.3 is 9.84 Å². The monoisotopic (exact) mass is 633 g/mol. The third kappa shape index (κ3) is 6.79. The van der Waals surface area contributed by atoms with Crippen LogP contribution in [0.5, 0.6) is 5.75 Å². The number of carbonyl (C=O) groups is 2. The molecule has 0 saturated carbocycles. The van der Waals surface area contributed by atoms with Crippen LogP contribution in [-0.4, -0.2) is 33.6 Å². The number of aryl methyl sites for hydroxylation is 2. The molecular weight excluding hydrogens is 602 g/mol. The van der Waals surface area contributed by atoms with Crippen LogP contribution >= 0.6 is 34.7 Å². The van der Waals surface area contributed by atoms with Crippen LogP contribution in [0.4, 0.5) is 5.13 Å². The zero-order chi connectivity index (χ0) is 30.5. The number of ketones is 1. The third-order valence-corrected chi connectivity index (χ3v) is 9.69. The molecule has 2 heterocycles. The number of halogens is 1. The Bertz CT molecular complexity index is 1670. The second kappa shape index (κ2) is 13.8. The SMILES string of the molecule is CCCCCOc1ccc(C2/C(=C(\O)c3cc(C)ccc3C)C(=O)C(=O)N2c2nnc(SCc3ccccc3Cl)s2)cc1. The summed E-state index contributed by atoms with van der Waals surface area (Å²) in [5.41, 5.74) is 3.83. The van der Waals surface area contributed by atoms with Gasteiger partial charge in [-0.3, -0.25) is 14.5 Å². The number of hydrogen-bond acceptors (Lipinski definition) is 8. The van der Waals surface area contributed by atoms with Gasteiger partial charge in [-0.2, -0.15) is 0 Å². The number of nitrogens with zero attached hydrogens (tertiary/aromatic N) is 3. The van der Waals surface area contributed by atoms with E-state index in [0.29, 0.717) is 38.6 Å². The first-order valence-corrected chi connectivity index (χ1v) is 16.3. The van der Waals surface area contributed by atoms with Gasteiger partial charge in [-0.15, -0.1) is 10.2 Å². The quantitative estimate of drug-likeness (QED) is 0.0443. The summed E-state index contributed by atoms with van der Waals surface area (Å²) in [7, 11) is 0. The Morgan fingerprint density at radius 3 is 2.56 bits per heavy atom. The number of aromatic nitrogens is 2. The number of ether oxygens (including phenoxy) is 1. The number of aliphatic hydroxyl groups is 1. The van der Waals surface area contributed by atoms with Gasteiger partial charge in [-0.25, -0.2) is 0 Å². The van der Waals surface area contributed by atoms with Crippen molar-refractivity contribution >= 4 is 57.3 Å². The van der Waals surface area contributed by atoms with Gasteiger partial charge in [0.15, 0.2) is 4.34 Å². The van der Waals surface area contributed by atoms with Gasteiger partial charge in [-0.1, -0.05) is 102 Å². The number of rotatable bonds is 11. The normalized spacial score (nSPS) is 16.2. The minimum Gasteiger partial charge on any atom is -0.507 e. The Labute approximate surface area is 264 Å². The standard InChI is InChI=1S/C33H32ClN3O4S2/c1-4-5-8-17-41-24-15-13-22(14-16-24)28-27(29(38)25-18-20(2)11-12-21(25)3)30(39)31(40)37(28)32-35-36-33(43-32)42-19-23-9-6-7-10-26(23)34/h6-7,9-16,18,28,38H,4-5,8,17,19H2,1-3H3/b29-27+. The van der Waals surface area contributed by atoms with Gasteiger partial charge in [-0.05, 0) is 61.2 Å². The maximum absolute atomic E-state index is 13.6. The summed E-state index contributed by atoms with van der Waals surface area (Å²) in [5, 5.41) is 21.1. The number of thioether (sulfide) groups is 1. The van der Waals surface area contributed by atoms with Crippen molar-refractivity contribution in [2.75, 3.05) is 11.5 Å². The van der Waals surface area contributed by atoms with Crippen molar-refractivity contribution in [2.45, 2.75) is 56.2 Å². The second-order valence-electron chi connectivity index (χ2n) is 10.3. The van der Waals surface area contributed by atoms with Crippen molar-refractivity contribution in [1.29, 1.82) is 0 Å². The lowest BCUT2D eigenvalue weighted by atomic mass is 9.93. The van der Waals surface area contributed by atoms with E-state index in [-0.39, 0.29) is 16.5 Å². The molecule has 1 unspecified atom stereocenters. The molecule has 1 atom stereocenters. The van der Waals surface area contributed by atoms with Gasteiger partial charge in [0.05, 0.1) is 18.2 Å². The maximum atomic E-state index is 13.6. The molecule has 0 spiro atoms. The third-order valence-electron chi connectivity index (χ3n) is 7.22. The summed E-state index contributed by atoms with van der Waals surface area (Å²) in [6.45, 7) is 6.52. The van der Waals surface area contributed by atoms with Crippen LogP contribution in [0.15, 0.2) is 76.6 Å². The first-order valence-electron chi connectivity index (χ1n) is 14.1. The molecule has 1 aromatic heterocycles. The molecular formula is C33H32ClN3O4S2. The number of unbranched alkanes of at least 4 members (excludes halogenated alkanes) is 2. The van der Waals surface area contributed by atoms with Gasteiger partial charge in [0.2, 0.25) is 5.13 Å². The van der Waals surface area contributed by atoms with Crippen molar-refractivity contribution in [3.63, 3.8) is 0 Å². The van der Waals surface area contributed by atoms with Crippen LogP contribution in [0.3, 0.4) is 0 Å². The first kappa shape index (κ1) is 30.8. The van der Waals surface area contributed by atoms with E-state index in [1.807, 2.05) is 80.6 Å². The predicted octanol–water partition coefficient (Wildman–Crippen LogP) is 8.30. The first-order chi connectivity index (χ1) is 20.8. The van der Waals surface area contributed by atoms with E-state index in [4.69, 9.17) is 16.3 Å². The lowest BCUT2D eigenvalue weighted by Crippen LogP contribution is -2.29. The number of benzene rings is 3. The molecule has 3 aromatic carbocycles. The van der Waals surface area contributed by atoms with Crippen LogP contribution in [0.1, 0.15) is 60.0 Å². The Morgan fingerprint density at radius 1 is 1.05 bits per heavy atom. The molecule has 7 nitrogen and oxygen atoms in total. The fourth-order valence-corrected chi connectivity index (χ4v) is 7.04. The number of carbonyl (C=O) groups excluding carboxylic acids is 2. The van der Waals surface area contributed by atoms with Crippen LogP contribution in [0, 0.1) is 13.8 Å². The summed E-state index contributed by atoms with van der Waals surface area (Å²) >= 11 is 8.98. The minimum atomic E-state index is -0.900. The van der Waals surface area contributed by atoms with Crippen molar-refractivity contribution in [2.24, 2.45) is 0 Å². The Morgan fingerprint density at radius 2 is 1.81 bits per heavy atom. The van der Waals surface area contributed by atoms with E-state index in [1.165, 1.54) is 28.0 Å². The largest absolute Gasteiger partial charge is 0.507 e. The van der Waals surface area contributed by atoms with E-state index in [9.17, 15) is 14.7 Å². The molecule has 43 heavy (non-hydrogen) atoms. The molecule has 222 valence electrons. The minimum absolute atomic E-state index is 0.00999. The highest BCUT2D eigenvalue weighted by atomic mass is 35.5. The van der Waals surface area contributed by atoms with E-state index in [1.54, 1.807) is 0 Å². The fourth-order valence-electron chi connectivity index (χ4n) is 4.88. The zero-order valence-electron chi connectivity index (χ0n) is 24.2. The number of hydrogen-bond donors (Lipinski definition) is 1. The summed E-state index contributed by atoms with van der Waals surface area (Å²) in [6.07, 6.45) is 3.15. The van der Waals surface area contributed by atoms with Crippen LogP contribution < -0.4 is 9.64 Å². The van der Waals surface area contributed by atoms with Gasteiger partial charge in [0.1, 0.15) is 11.5 Å². The molecule has 1 N–H and O–H groups in total. The summed E-state index contributed by atoms with van der Waals surface area (Å²) in [6, 6.07) is 19.6. The zero-order valence-corrected chi connectivity index (χ0v) is 26.6. The molecule has 1 fully saturated rings. The summed E-state index contributed by atoms with van der Waals surface area (Å²) in [4.78, 5) is 28.6. The topological polar surface area (TPSA) is 92.6 Å². The average molecular weight is 634 g/mol. The molecule has 1 saturated heterocycles. The van der Waals surface area contributed by atoms with Crippen molar-refractivity contribution in [1.82, 2.24) is 10.2 Å². The fraction of sp³-hybridized carbons (Fsp3) is 0.273. The Hall–Kier alpha value is -3.66. The van der Waals surface area contributed by atoms with Crippen LogP contribution in [0.25, 0.3) is 5.76 Å². The van der Waals surface area contributed by atoms with E-state index in [2.05, 4.69) is 17.1 Å². The number of anilines is 1. The van der Waals surface area contributed by atoms with Crippen LogP contribution in [0.2, 0.25) is 5.02 Å². The van der Waals surface area contributed by atoms with E-state index < -0.39 is 17.7 Å². The second-order valence-corrected chi connectivity index (χ2v) is 12.9. The Kier molecular flexibility index (Phi) is 9.85. The van der Waals surface area contributed by atoms with Crippen molar-refractivity contribution < 1.29 is 19.4 Å². The molecule has 4 aromatic rings. The number of Topliss-reactive ketones (excluding diaryl/α,β-unsaturated/α-hetero) is 1. The number of amides is 1. The maximum Gasteiger partial charge on any atom is 0.301 e. The van der Waals surface area contributed by atoms with Crippen molar-refractivity contribution in [3.8, 4) is 5.75 Å². The highest BCUT2D eigenvalue weighted by Gasteiger charge is 2.48. The highest BCUT2D eigenvalue weighted by Crippen LogP contribution is 2.44. The lowest BCUT2D eigenvalue weighted by Gasteiger charge is -2.23. The molecule has 10 heteroatoms. The average Bonchev–Trinajstić information content (AvgIpc) is 3.58. The van der Waals surface area contributed by atoms with E-state index >= 15 is 0 Å². The van der Waals surface area contributed by atoms with Gasteiger partial charge >= 0.3 is 5.91 Å². The predicted molar refractivity (Wildman–Crippen MR) is 173 cm³/mol. The molecule has 0 aliphatic carbocycles. The van der Waals surface area contributed by atoms with Crippen LogP contribution in [-0.2, 0) is 15.3 Å². The molecule has 0 radical (unpaired) electrons. The van der Waals surface area contributed by atoms with Crippen molar-refractivity contribution in [3.05, 3.63) is 105 Å². The highest BCUT2D eigenvalue weighted by molar-refractivity contribution is 8.00. The molecule has 5 rings (SSSR count).